The van der Waals surface area contributed by atoms with Gasteiger partial charge < -0.3 is 9.84 Å². The van der Waals surface area contributed by atoms with Crippen molar-refractivity contribution in [1.82, 2.24) is 9.55 Å². The second kappa shape index (κ2) is 8.13. The Balaban J connectivity index is 1.53. The average molecular weight is 439 g/mol. The topological polar surface area (TPSA) is 79.6 Å². The molecule has 156 valence electrons. The van der Waals surface area contributed by atoms with Crippen molar-refractivity contribution in [3.8, 4) is 23.1 Å². The van der Waals surface area contributed by atoms with E-state index in [1.807, 2.05) is 60.7 Å². The number of aromatic hydroxyl groups is 1. The summed E-state index contributed by atoms with van der Waals surface area (Å²) in [6, 6.07) is 24.1. The molecule has 4 aromatic rings. The molecular weight excluding hydrogens is 422 g/mol. The molecule has 0 amide bonds. The molecule has 2 heterocycles. The molecular formula is C25H17N3O3S. The highest BCUT2D eigenvalue weighted by Crippen LogP contribution is 2.26. The minimum Gasteiger partial charge on any atom is -0.494 e. The van der Waals surface area contributed by atoms with E-state index in [0.717, 1.165) is 16.3 Å². The Labute approximate surface area is 187 Å². The summed E-state index contributed by atoms with van der Waals surface area (Å²) in [5.41, 5.74) is 0.743. The van der Waals surface area contributed by atoms with Crippen molar-refractivity contribution in [2.75, 3.05) is 0 Å². The van der Waals surface area contributed by atoms with Crippen molar-refractivity contribution >= 4 is 24.4 Å². The summed E-state index contributed by atoms with van der Waals surface area (Å²) in [6.07, 6.45) is 3.40. The summed E-state index contributed by atoms with van der Waals surface area (Å²) in [6.45, 7) is 0. The highest BCUT2D eigenvalue weighted by atomic mass is 32.1. The van der Waals surface area contributed by atoms with E-state index in [-0.39, 0.29) is 16.2 Å². The molecule has 1 aromatic heterocycles. The molecule has 1 aliphatic rings. The van der Waals surface area contributed by atoms with E-state index in [1.54, 1.807) is 30.3 Å². The molecule has 0 radical (unpaired) electrons. The Hall–Kier alpha value is -4.23. The lowest BCUT2D eigenvalue weighted by Crippen LogP contribution is -2.19. The highest BCUT2D eigenvalue weighted by Gasteiger charge is 2.14. The zero-order valence-corrected chi connectivity index (χ0v) is 17.5. The predicted octanol–water partition coefficient (Wildman–Crippen LogP) is 3.85. The van der Waals surface area contributed by atoms with Crippen molar-refractivity contribution in [2.45, 2.75) is 0 Å². The maximum absolute atomic E-state index is 12.5. The van der Waals surface area contributed by atoms with E-state index in [2.05, 4.69) is 9.98 Å². The molecule has 0 fully saturated rings. The highest BCUT2D eigenvalue weighted by molar-refractivity contribution is 7.71. The number of nitrogens with one attached hydrogen (secondary N) is 1. The van der Waals surface area contributed by atoms with E-state index >= 15 is 0 Å². The van der Waals surface area contributed by atoms with Gasteiger partial charge in [0.15, 0.2) is 4.77 Å². The fourth-order valence-electron chi connectivity index (χ4n) is 3.46. The Morgan fingerprint density at radius 2 is 1.62 bits per heavy atom. The average Bonchev–Trinajstić information content (AvgIpc) is 3.21. The van der Waals surface area contributed by atoms with Crippen molar-refractivity contribution in [3.05, 3.63) is 116 Å². The van der Waals surface area contributed by atoms with Gasteiger partial charge in [-0.1, -0.05) is 36.4 Å². The van der Waals surface area contributed by atoms with Gasteiger partial charge in [-0.25, -0.2) is 4.99 Å². The number of para-hydroxylation sites is 2. The molecule has 3 aromatic carbocycles. The summed E-state index contributed by atoms with van der Waals surface area (Å²) >= 11 is 5.31. The standard InChI is InChI=1S/C25H17N3O3S/c29-23-21(15-17-14-16-6-4-5-9-22(16)26-17)24(30)28(25(32)27-23)18-10-12-20(13-11-18)31-19-7-2-1-3-8-19/h1-15,30H,(H,27,29,32). The van der Waals surface area contributed by atoms with Gasteiger partial charge in [0, 0.05) is 5.22 Å². The van der Waals surface area contributed by atoms with Crippen molar-refractivity contribution in [1.29, 1.82) is 0 Å². The molecule has 0 unspecified atom stereocenters. The third-order valence-corrected chi connectivity index (χ3v) is 5.26. The number of ether oxygens (including phenoxy) is 1. The third-order valence-electron chi connectivity index (χ3n) is 4.98. The Morgan fingerprint density at radius 1 is 0.938 bits per heavy atom. The normalized spacial score (nSPS) is 13.3. The first-order valence-electron chi connectivity index (χ1n) is 9.87. The molecule has 2 N–H and O–H groups in total. The maximum Gasteiger partial charge on any atom is 0.262 e. The van der Waals surface area contributed by atoms with Crippen LogP contribution in [-0.2, 0) is 0 Å². The minimum absolute atomic E-state index is 0.0750. The first-order chi connectivity index (χ1) is 15.6. The van der Waals surface area contributed by atoms with Crippen LogP contribution in [0.3, 0.4) is 0 Å². The van der Waals surface area contributed by atoms with Crippen molar-refractivity contribution in [3.63, 3.8) is 0 Å². The summed E-state index contributed by atoms with van der Waals surface area (Å²) in [5, 5.41) is 12.7. The molecule has 0 atom stereocenters. The van der Waals surface area contributed by atoms with Crippen molar-refractivity contribution in [2.24, 2.45) is 4.99 Å². The van der Waals surface area contributed by atoms with E-state index in [4.69, 9.17) is 17.0 Å². The molecule has 6 nitrogen and oxygen atoms in total. The molecule has 5 rings (SSSR count). The Morgan fingerprint density at radius 3 is 2.38 bits per heavy atom. The second-order valence-electron chi connectivity index (χ2n) is 7.13. The fraction of sp³-hybridized carbons (Fsp3) is 0. The van der Waals surface area contributed by atoms with Crippen LogP contribution in [0.15, 0.2) is 94.3 Å². The van der Waals surface area contributed by atoms with Gasteiger partial charge in [0.1, 0.15) is 17.1 Å². The molecule has 1 aliphatic heterocycles. The number of aromatic nitrogens is 2. The number of H-pyrrole nitrogens is 1. The molecule has 0 saturated carbocycles. The molecule has 7 heteroatoms. The monoisotopic (exact) mass is 439 g/mol. The number of hydrogen-bond donors (Lipinski definition) is 2. The number of allylic oxidation sites excluding steroid dienone is 1. The summed E-state index contributed by atoms with van der Waals surface area (Å²) in [7, 11) is 0. The molecule has 0 spiro atoms. The maximum atomic E-state index is 12.5. The zero-order chi connectivity index (χ0) is 22.1. The van der Waals surface area contributed by atoms with Crippen molar-refractivity contribution < 1.29 is 9.84 Å². The minimum atomic E-state index is -0.486. The number of rotatable bonds is 4. The van der Waals surface area contributed by atoms with Crippen LogP contribution in [0.5, 0.6) is 17.4 Å². The number of hydrogen-bond acceptors (Lipinski definition) is 5. The smallest absolute Gasteiger partial charge is 0.262 e. The van der Waals surface area contributed by atoms with Crippen LogP contribution < -0.4 is 20.9 Å². The van der Waals surface area contributed by atoms with Gasteiger partial charge in [0.25, 0.3) is 5.56 Å². The number of nitrogens with zero attached hydrogens (tertiary/aromatic N) is 2. The SMILES string of the molecule is O=c1[nH]c(=S)n(-c2ccc(Oc3ccccc3)cc2)c(O)c1C=C1C=c2ccccc2=N1. The van der Waals surface area contributed by atoms with Crippen LogP contribution in [0.4, 0.5) is 0 Å². The summed E-state index contributed by atoms with van der Waals surface area (Å²) < 4.78 is 7.30. The quantitative estimate of drug-likeness (QED) is 0.474. The first-order valence-corrected chi connectivity index (χ1v) is 10.3. The van der Waals surface area contributed by atoms with Gasteiger partial charge in [0.05, 0.1) is 16.7 Å². The summed E-state index contributed by atoms with van der Waals surface area (Å²) in [5.74, 6) is 1.09. The van der Waals surface area contributed by atoms with Gasteiger partial charge in [-0.15, -0.1) is 0 Å². The summed E-state index contributed by atoms with van der Waals surface area (Å²) in [4.78, 5) is 19.7. The number of aromatic amines is 1. The molecule has 0 bridgehead atoms. The number of benzene rings is 3. The zero-order valence-electron chi connectivity index (χ0n) is 16.7. The molecule has 0 saturated heterocycles. The Bertz CT molecular complexity index is 1550. The van der Waals surface area contributed by atoms with Crippen LogP contribution in [-0.4, -0.2) is 14.7 Å². The molecule has 32 heavy (non-hydrogen) atoms. The van der Waals surface area contributed by atoms with Crippen LogP contribution in [0.25, 0.3) is 17.8 Å². The Kier molecular flexibility index (Phi) is 5.01. The lowest BCUT2D eigenvalue weighted by atomic mass is 10.2. The van der Waals surface area contributed by atoms with E-state index in [9.17, 15) is 9.90 Å². The van der Waals surface area contributed by atoms with Gasteiger partial charge in [-0.3, -0.25) is 14.3 Å². The van der Waals surface area contributed by atoms with E-state index < -0.39 is 5.56 Å². The first kappa shape index (κ1) is 19.7. The van der Waals surface area contributed by atoms with Crippen LogP contribution in [0, 0.1) is 4.77 Å². The fourth-order valence-corrected chi connectivity index (χ4v) is 3.74. The largest absolute Gasteiger partial charge is 0.494 e. The molecule has 0 aliphatic carbocycles. The lowest BCUT2D eigenvalue weighted by Gasteiger charge is -2.12. The lowest BCUT2D eigenvalue weighted by molar-refractivity contribution is 0.431. The predicted molar refractivity (Wildman–Crippen MR) is 125 cm³/mol. The van der Waals surface area contributed by atoms with Gasteiger partial charge in [-0.05, 0) is 66.8 Å². The van der Waals surface area contributed by atoms with Crippen LogP contribution >= 0.6 is 12.2 Å². The van der Waals surface area contributed by atoms with Gasteiger partial charge >= 0.3 is 0 Å². The van der Waals surface area contributed by atoms with Gasteiger partial charge in [-0.2, -0.15) is 0 Å². The second-order valence-corrected chi connectivity index (χ2v) is 7.51. The number of fused-ring (bicyclic) bond motifs is 1. The van der Waals surface area contributed by atoms with Gasteiger partial charge in [0.2, 0.25) is 5.88 Å². The van der Waals surface area contributed by atoms with Crippen LogP contribution in [0.1, 0.15) is 5.56 Å². The van der Waals surface area contributed by atoms with E-state index in [0.29, 0.717) is 17.1 Å². The third kappa shape index (κ3) is 3.77. The van der Waals surface area contributed by atoms with E-state index in [1.165, 1.54) is 4.57 Å². The van der Waals surface area contributed by atoms with Crippen LogP contribution in [0.2, 0.25) is 0 Å².